The van der Waals surface area contributed by atoms with Crippen LogP contribution < -0.4 is 10.6 Å². The zero-order valence-electron chi connectivity index (χ0n) is 12.7. The maximum atomic E-state index is 12.5. The number of amides is 1. The summed E-state index contributed by atoms with van der Waals surface area (Å²) in [5.74, 6) is -1.31. The van der Waals surface area contributed by atoms with Crippen molar-refractivity contribution in [2.24, 2.45) is 0 Å². The number of anilines is 1. The van der Waals surface area contributed by atoms with Gasteiger partial charge in [0.05, 0.1) is 6.20 Å². The summed E-state index contributed by atoms with van der Waals surface area (Å²) in [6.45, 7) is 0. The van der Waals surface area contributed by atoms with E-state index in [9.17, 15) is 14.4 Å². The summed E-state index contributed by atoms with van der Waals surface area (Å²) in [5, 5.41) is 14.3. The average Bonchev–Trinajstić information content (AvgIpc) is 2.54. The lowest BCUT2D eigenvalue weighted by molar-refractivity contribution is -0.142. The predicted octanol–water partition coefficient (Wildman–Crippen LogP) is 0.122. The largest absolute Gasteiger partial charge is 0.480 e. The van der Waals surface area contributed by atoms with Crippen molar-refractivity contribution >= 4 is 47.5 Å². The third-order valence-corrected chi connectivity index (χ3v) is 4.24. The molecule has 0 saturated carbocycles. The first-order valence-corrected chi connectivity index (χ1v) is 9.30. The number of carbonyl (C=O) groups excluding carboxylic acids is 2. The van der Waals surface area contributed by atoms with E-state index in [0.717, 1.165) is 0 Å². The van der Waals surface area contributed by atoms with Gasteiger partial charge in [0, 0.05) is 23.9 Å². The van der Waals surface area contributed by atoms with Gasteiger partial charge in [-0.15, -0.1) is 0 Å². The van der Waals surface area contributed by atoms with Crippen LogP contribution in [0.3, 0.4) is 0 Å². The number of rotatable bonds is 10. The van der Waals surface area contributed by atoms with Gasteiger partial charge in [-0.05, 0) is 12.5 Å². The number of carboxylic acid groups (broad SMARTS) is 1. The van der Waals surface area contributed by atoms with Crippen LogP contribution in [0.4, 0.5) is 5.82 Å². The Kier molecular flexibility index (Phi) is 7.83. The maximum Gasteiger partial charge on any atom is 0.327 e. The standard InChI is InChI=1S/C13H18N4O4S2/c1-22-6-9(11(19)20)16-12(21)13(7-18,8-23-2)17-10-5-14-3-4-15-10/h3-5,7,9H,6,8H2,1-2H3,(H,15,17)(H,16,21)(H,19,20)/t9?,13-/m0/s1. The van der Waals surface area contributed by atoms with E-state index in [0.29, 0.717) is 6.29 Å². The van der Waals surface area contributed by atoms with E-state index in [1.807, 2.05) is 0 Å². The van der Waals surface area contributed by atoms with Crippen molar-refractivity contribution in [1.29, 1.82) is 0 Å². The smallest absolute Gasteiger partial charge is 0.327 e. The van der Waals surface area contributed by atoms with Crippen LogP contribution in [0.25, 0.3) is 0 Å². The minimum absolute atomic E-state index is 0.116. The van der Waals surface area contributed by atoms with E-state index in [4.69, 9.17) is 5.11 Å². The van der Waals surface area contributed by atoms with E-state index in [1.165, 1.54) is 42.1 Å². The molecule has 0 spiro atoms. The van der Waals surface area contributed by atoms with Gasteiger partial charge in [-0.2, -0.15) is 23.5 Å². The molecule has 0 aromatic carbocycles. The number of carboxylic acids is 1. The molecule has 3 N–H and O–H groups in total. The summed E-state index contributed by atoms with van der Waals surface area (Å²) in [6, 6.07) is -1.08. The van der Waals surface area contributed by atoms with E-state index in [1.54, 1.807) is 12.5 Å². The Labute approximate surface area is 142 Å². The molecular formula is C13H18N4O4S2. The highest BCUT2D eigenvalue weighted by Gasteiger charge is 2.40. The molecule has 1 unspecified atom stereocenters. The van der Waals surface area contributed by atoms with Crippen molar-refractivity contribution in [3.05, 3.63) is 18.6 Å². The Morgan fingerprint density at radius 3 is 2.61 bits per heavy atom. The second-order valence-electron chi connectivity index (χ2n) is 4.56. The zero-order valence-corrected chi connectivity index (χ0v) is 14.3. The third-order valence-electron chi connectivity index (χ3n) is 2.83. The monoisotopic (exact) mass is 358 g/mol. The number of aliphatic carboxylic acids is 1. The molecule has 0 aliphatic rings. The van der Waals surface area contributed by atoms with Crippen molar-refractivity contribution in [1.82, 2.24) is 15.3 Å². The van der Waals surface area contributed by atoms with Crippen molar-refractivity contribution in [3.8, 4) is 0 Å². The lowest BCUT2D eigenvalue weighted by atomic mass is 10.0. The van der Waals surface area contributed by atoms with E-state index in [2.05, 4.69) is 20.6 Å². The normalized spacial score (nSPS) is 14.3. The molecular weight excluding hydrogens is 340 g/mol. The number of hydrogen-bond donors (Lipinski definition) is 3. The van der Waals surface area contributed by atoms with Gasteiger partial charge in [0.15, 0.2) is 11.8 Å². The Bertz CT molecular complexity index is 546. The average molecular weight is 358 g/mol. The zero-order chi connectivity index (χ0) is 17.3. The molecule has 0 saturated heterocycles. The number of carbonyl (C=O) groups is 3. The molecule has 0 aliphatic heterocycles. The fourth-order valence-corrected chi connectivity index (χ4v) is 3.01. The quantitative estimate of drug-likeness (QED) is 0.395. The number of thioether (sulfide) groups is 2. The molecule has 1 aromatic rings. The SMILES string of the molecule is CSCC(NC(=O)[C@](C=O)(CSC)Nc1cnccn1)C(=O)O. The molecule has 0 aliphatic carbocycles. The van der Waals surface area contributed by atoms with Gasteiger partial charge in [0.1, 0.15) is 11.9 Å². The molecule has 1 amide bonds. The molecule has 0 fully saturated rings. The maximum absolute atomic E-state index is 12.5. The summed E-state index contributed by atoms with van der Waals surface area (Å²) < 4.78 is 0. The van der Waals surface area contributed by atoms with Crippen LogP contribution in [0.5, 0.6) is 0 Å². The van der Waals surface area contributed by atoms with Gasteiger partial charge in [-0.3, -0.25) is 9.78 Å². The summed E-state index contributed by atoms with van der Waals surface area (Å²) in [5.41, 5.74) is -1.62. The van der Waals surface area contributed by atoms with Crippen molar-refractivity contribution in [2.45, 2.75) is 11.6 Å². The minimum atomic E-state index is -1.62. The highest BCUT2D eigenvalue weighted by molar-refractivity contribution is 7.98. The van der Waals surface area contributed by atoms with E-state index < -0.39 is 23.5 Å². The molecule has 126 valence electrons. The topological polar surface area (TPSA) is 121 Å². The number of nitrogens with zero attached hydrogens (tertiary/aromatic N) is 2. The fraction of sp³-hybridized carbons (Fsp3) is 0.462. The molecule has 0 bridgehead atoms. The van der Waals surface area contributed by atoms with Crippen LogP contribution in [0.2, 0.25) is 0 Å². The Balaban J connectivity index is 3.01. The van der Waals surface area contributed by atoms with Crippen LogP contribution in [0.15, 0.2) is 18.6 Å². The first-order chi connectivity index (χ1) is 11.0. The highest BCUT2D eigenvalue weighted by Crippen LogP contribution is 2.16. The Morgan fingerprint density at radius 2 is 2.13 bits per heavy atom. The summed E-state index contributed by atoms with van der Waals surface area (Å²) >= 11 is 2.56. The molecule has 2 atom stereocenters. The number of hydrogen-bond acceptors (Lipinski definition) is 8. The van der Waals surface area contributed by atoms with Crippen LogP contribution in [0, 0.1) is 0 Å². The minimum Gasteiger partial charge on any atom is -0.480 e. The lowest BCUT2D eigenvalue weighted by Crippen LogP contribution is -2.59. The van der Waals surface area contributed by atoms with Crippen LogP contribution in [-0.4, -0.2) is 68.8 Å². The predicted molar refractivity (Wildman–Crippen MR) is 90.8 cm³/mol. The Hall–Kier alpha value is -1.81. The highest BCUT2D eigenvalue weighted by atomic mass is 32.2. The molecule has 1 heterocycles. The first kappa shape index (κ1) is 19.2. The van der Waals surface area contributed by atoms with Crippen LogP contribution in [0.1, 0.15) is 0 Å². The van der Waals surface area contributed by atoms with Crippen molar-refractivity contribution < 1.29 is 19.5 Å². The molecule has 1 aromatic heterocycles. The Morgan fingerprint density at radius 1 is 1.39 bits per heavy atom. The molecule has 23 heavy (non-hydrogen) atoms. The summed E-state index contributed by atoms with van der Waals surface area (Å²) in [4.78, 5) is 43.2. The van der Waals surface area contributed by atoms with Gasteiger partial charge >= 0.3 is 5.97 Å². The van der Waals surface area contributed by atoms with Gasteiger partial charge in [-0.25, -0.2) is 9.78 Å². The molecule has 0 radical (unpaired) electrons. The van der Waals surface area contributed by atoms with E-state index >= 15 is 0 Å². The van der Waals surface area contributed by atoms with Crippen LogP contribution in [-0.2, 0) is 14.4 Å². The second-order valence-corrected chi connectivity index (χ2v) is 6.33. The first-order valence-electron chi connectivity index (χ1n) is 6.51. The van der Waals surface area contributed by atoms with Crippen LogP contribution >= 0.6 is 23.5 Å². The third kappa shape index (κ3) is 5.39. The number of aromatic nitrogens is 2. The van der Waals surface area contributed by atoms with Gasteiger partial charge in [0.25, 0.3) is 5.91 Å². The second kappa shape index (κ2) is 9.36. The fourth-order valence-electron chi connectivity index (χ4n) is 1.72. The van der Waals surface area contributed by atoms with Gasteiger partial charge in [-0.1, -0.05) is 0 Å². The summed E-state index contributed by atoms with van der Waals surface area (Å²) in [7, 11) is 0. The number of aldehydes is 1. The molecule has 10 heteroatoms. The van der Waals surface area contributed by atoms with E-state index in [-0.39, 0.29) is 17.3 Å². The van der Waals surface area contributed by atoms with Crippen molar-refractivity contribution in [2.75, 3.05) is 29.3 Å². The summed E-state index contributed by atoms with van der Waals surface area (Å²) in [6.07, 6.45) is 8.19. The lowest BCUT2D eigenvalue weighted by Gasteiger charge is -2.29. The molecule has 8 nitrogen and oxygen atoms in total. The van der Waals surface area contributed by atoms with Crippen molar-refractivity contribution in [3.63, 3.8) is 0 Å². The number of nitrogens with one attached hydrogen (secondary N) is 2. The van der Waals surface area contributed by atoms with Gasteiger partial charge < -0.3 is 20.5 Å². The van der Waals surface area contributed by atoms with Gasteiger partial charge in [0.2, 0.25) is 0 Å². The molecule has 1 rings (SSSR count).